The molecular weight excluding hydrogens is 743 g/mol. The number of methoxy groups -OCH3 is 4. The lowest BCUT2D eigenvalue weighted by Crippen LogP contribution is -2.49. The minimum atomic E-state index is -0.789. The lowest BCUT2D eigenvalue weighted by molar-refractivity contribution is -0.147. The van der Waals surface area contributed by atoms with Gasteiger partial charge < -0.3 is 46.4 Å². The van der Waals surface area contributed by atoms with Crippen LogP contribution in [0.5, 0.6) is 0 Å². The number of nitrogens with two attached hydrogens (primary N) is 2. The predicted octanol–water partition coefficient (Wildman–Crippen LogP) is 4.86. The first-order chi connectivity index (χ1) is 27.7. The number of nitrogen functional groups attached to an aromatic ring is 1. The summed E-state index contributed by atoms with van der Waals surface area (Å²) in [7, 11) is 5.92. The monoisotopic (exact) mass is 809 g/mol. The van der Waals surface area contributed by atoms with Crippen LogP contribution in [0.4, 0.5) is 11.4 Å². The minimum Gasteiger partial charge on any atom is -0.467 e. The average molecular weight is 810 g/mol. The quantitative estimate of drug-likeness (QED) is 0.0901. The minimum absolute atomic E-state index is 0.0760. The van der Waals surface area contributed by atoms with E-state index in [1.807, 2.05) is 38.1 Å². The molecule has 2 aliphatic rings. The molecule has 4 rings (SSSR count). The Morgan fingerprint density at radius 2 is 1.05 bits per heavy atom. The molecule has 0 unspecified atom stereocenters. The molecule has 3 amide bonds. The summed E-state index contributed by atoms with van der Waals surface area (Å²) in [5, 5.41) is 8.67. The fourth-order valence-corrected chi connectivity index (χ4v) is 7.87. The van der Waals surface area contributed by atoms with Gasteiger partial charge in [-0.25, -0.2) is 9.59 Å². The Labute approximate surface area is 344 Å². The lowest BCUT2D eigenvalue weighted by atomic mass is 9.81. The van der Waals surface area contributed by atoms with Gasteiger partial charge in [0.2, 0.25) is 17.7 Å². The van der Waals surface area contributed by atoms with Crippen molar-refractivity contribution in [1.29, 1.82) is 0 Å². The summed E-state index contributed by atoms with van der Waals surface area (Å²) in [6.07, 6.45) is 9.87. The molecule has 2 aromatic carbocycles. The van der Waals surface area contributed by atoms with Crippen molar-refractivity contribution in [2.45, 2.75) is 115 Å². The van der Waals surface area contributed by atoms with Gasteiger partial charge in [-0.3, -0.25) is 14.4 Å². The van der Waals surface area contributed by atoms with Crippen LogP contribution in [0, 0.1) is 16.7 Å². The Balaban J connectivity index is 0.000000322. The molecule has 2 fully saturated rings. The smallest absolute Gasteiger partial charge is 0.328 e. The number of ether oxygens (including phenoxy) is 4. The molecule has 2 saturated carbocycles. The van der Waals surface area contributed by atoms with Crippen molar-refractivity contribution in [2.24, 2.45) is 22.5 Å². The molecule has 2 aliphatic carbocycles. The molecular formula is C44H67N5O9. The average Bonchev–Trinajstić information content (AvgIpc) is 3.91. The number of benzene rings is 2. The normalized spacial score (nSPS) is 16.9. The molecule has 58 heavy (non-hydrogen) atoms. The van der Waals surface area contributed by atoms with Crippen LogP contribution in [-0.2, 0) is 55.8 Å². The summed E-state index contributed by atoms with van der Waals surface area (Å²) < 4.78 is 20.2. The van der Waals surface area contributed by atoms with Crippen molar-refractivity contribution in [3.63, 3.8) is 0 Å². The molecule has 0 heterocycles. The highest BCUT2D eigenvalue weighted by atomic mass is 16.5. The van der Waals surface area contributed by atoms with Crippen molar-refractivity contribution >= 4 is 41.0 Å². The lowest BCUT2D eigenvalue weighted by Gasteiger charge is -2.29. The zero-order valence-electron chi connectivity index (χ0n) is 35.4. The second-order valence-corrected chi connectivity index (χ2v) is 16.1. The molecule has 0 radical (unpaired) electrons. The molecule has 0 saturated heterocycles. The Kier molecular flexibility index (Phi) is 19.6. The Bertz CT molecular complexity index is 1600. The summed E-state index contributed by atoms with van der Waals surface area (Å²) in [6.45, 7) is 5.08. The van der Waals surface area contributed by atoms with Crippen LogP contribution in [0.25, 0.3) is 0 Å². The van der Waals surface area contributed by atoms with Gasteiger partial charge in [-0.1, -0.05) is 63.8 Å². The van der Waals surface area contributed by atoms with E-state index in [0.29, 0.717) is 62.6 Å². The molecule has 0 aliphatic heterocycles. The number of carbonyl (C=O) groups is 5. The third-order valence-corrected chi connectivity index (χ3v) is 11.4. The molecule has 322 valence electrons. The van der Waals surface area contributed by atoms with Crippen LogP contribution in [0.2, 0.25) is 0 Å². The van der Waals surface area contributed by atoms with E-state index in [1.165, 1.54) is 14.2 Å². The highest BCUT2D eigenvalue weighted by molar-refractivity contribution is 5.94. The maximum atomic E-state index is 13.2. The first-order valence-corrected chi connectivity index (χ1v) is 20.5. The SMILES string of the molecule is COCCC1(C(=O)N[C@@H](Cc2ccc(N)cc2)C(=O)OC)CCCC1.COCCC1(C(=O)N[C@@H](Cc2ccc(NC(=O)[C@H](N)CC(C)C)cc2)C(=O)OC)CCCC1. The van der Waals surface area contributed by atoms with E-state index in [9.17, 15) is 24.0 Å². The topological polar surface area (TPSA) is 210 Å². The van der Waals surface area contributed by atoms with Gasteiger partial charge in [-0.05, 0) is 86.3 Å². The second-order valence-electron chi connectivity index (χ2n) is 16.1. The third kappa shape index (κ3) is 14.4. The van der Waals surface area contributed by atoms with Crippen molar-refractivity contribution in [2.75, 3.05) is 52.7 Å². The van der Waals surface area contributed by atoms with Gasteiger partial charge in [-0.2, -0.15) is 0 Å². The maximum absolute atomic E-state index is 13.2. The van der Waals surface area contributed by atoms with Crippen LogP contribution >= 0.6 is 0 Å². The molecule has 2 aromatic rings. The molecule has 0 bridgehead atoms. The van der Waals surface area contributed by atoms with Crippen molar-refractivity contribution < 1.29 is 42.9 Å². The van der Waals surface area contributed by atoms with Gasteiger partial charge in [0.1, 0.15) is 12.1 Å². The summed E-state index contributed by atoms with van der Waals surface area (Å²) in [5.41, 5.74) is 13.7. The summed E-state index contributed by atoms with van der Waals surface area (Å²) in [6, 6.07) is 12.4. The predicted molar refractivity (Wildman–Crippen MR) is 223 cm³/mol. The fourth-order valence-electron chi connectivity index (χ4n) is 7.87. The standard InChI is InChI=1S/C25H39N3O5.C19H28N2O4/c1-17(2)15-20(26)22(29)27-19-9-7-18(8-10-19)16-21(23(30)33-4)28-24(31)25(13-14-32-3)11-5-6-12-25;1-24-12-11-19(9-3-4-10-19)18(23)21-16(17(22)25-2)13-14-5-7-15(20)8-6-14/h7-10,17,20-21H,5-6,11-16,26H2,1-4H3,(H,27,29)(H,28,31);5-8,16H,3-4,9-13,20H2,1-2H3,(H,21,23)/t20-,21+;16-/m10/s1. The van der Waals surface area contributed by atoms with Crippen LogP contribution in [-0.4, -0.2) is 89.4 Å². The number of anilines is 2. The van der Waals surface area contributed by atoms with E-state index in [1.54, 1.807) is 38.5 Å². The van der Waals surface area contributed by atoms with E-state index in [4.69, 9.17) is 30.4 Å². The van der Waals surface area contributed by atoms with E-state index >= 15 is 0 Å². The van der Waals surface area contributed by atoms with Gasteiger partial charge >= 0.3 is 11.9 Å². The van der Waals surface area contributed by atoms with Crippen molar-refractivity contribution in [3.8, 4) is 0 Å². The van der Waals surface area contributed by atoms with Crippen molar-refractivity contribution in [1.82, 2.24) is 10.6 Å². The number of hydrogen-bond donors (Lipinski definition) is 5. The Hall–Kier alpha value is -4.53. The molecule has 0 spiro atoms. The summed E-state index contributed by atoms with van der Waals surface area (Å²) >= 11 is 0. The van der Waals surface area contributed by atoms with Crippen LogP contribution in [0.1, 0.15) is 95.6 Å². The first-order valence-electron chi connectivity index (χ1n) is 20.5. The maximum Gasteiger partial charge on any atom is 0.328 e. The Morgan fingerprint density at radius 1 is 0.655 bits per heavy atom. The van der Waals surface area contributed by atoms with Gasteiger partial charge in [0, 0.05) is 51.6 Å². The summed E-state index contributed by atoms with van der Waals surface area (Å²) in [4.78, 5) is 63.0. The van der Waals surface area contributed by atoms with Gasteiger partial charge in [0.15, 0.2) is 0 Å². The molecule has 3 atom stereocenters. The molecule has 14 heteroatoms. The molecule has 7 N–H and O–H groups in total. The van der Waals surface area contributed by atoms with Gasteiger partial charge in [0.05, 0.1) is 31.1 Å². The Morgan fingerprint density at radius 3 is 1.41 bits per heavy atom. The van der Waals surface area contributed by atoms with Crippen LogP contribution in [0.15, 0.2) is 48.5 Å². The summed E-state index contributed by atoms with van der Waals surface area (Å²) in [5.74, 6) is -1.01. The second kappa shape index (κ2) is 23.8. The van der Waals surface area contributed by atoms with Gasteiger partial charge in [0.25, 0.3) is 0 Å². The number of carbonyl (C=O) groups excluding carboxylic acids is 5. The van der Waals surface area contributed by atoms with E-state index < -0.39 is 40.9 Å². The van der Waals surface area contributed by atoms with Crippen molar-refractivity contribution in [3.05, 3.63) is 59.7 Å². The number of esters is 2. The molecule has 0 aromatic heterocycles. The van der Waals surface area contributed by atoms with Crippen LogP contribution < -0.4 is 27.4 Å². The van der Waals surface area contributed by atoms with E-state index in [2.05, 4.69) is 16.0 Å². The van der Waals surface area contributed by atoms with E-state index in [0.717, 1.165) is 62.5 Å². The van der Waals surface area contributed by atoms with Crippen LogP contribution in [0.3, 0.4) is 0 Å². The zero-order valence-corrected chi connectivity index (χ0v) is 35.4. The number of rotatable bonds is 20. The highest BCUT2D eigenvalue weighted by Gasteiger charge is 2.43. The van der Waals surface area contributed by atoms with Gasteiger partial charge in [-0.15, -0.1) is 0 Å². The number of amides is 3. The zero-order chi connectivity index (χ0) is 42.7. The molecule has 14 nitrogen and oxygen atoms in total. The number of hydrogen-bond acceptors (Lipinski definition) is 11. The largest absolute Gasteiger partial charge is 0.467 e. The first kappa shape index (κ1) is 47.8. The van der Waals surface area contributed by atoms with E-state index in [-0.39, 0.29) is 17.7 Å². The fraction of sp³-hybridized carbons (Fsp3) is 0.614. The number of nitrogens with one attached hydrogen (secondary N) is 3. The highest BCUT2D eigenvalue weighted by Crippen LogP contribution is 2.42. The third-order valence-electron chi connectivity index (χ3n) is 11.4.